The van der Waals surface area contributed by atoms with Crippen LogP contribution in [0, 0.1) is 5.92 Å². The second-order valence-electron chi connectivity index (χ2n) is 3.57. The minimum Gasteiger partial charge on any atom is -0.382 e. The Kier molecular flexibility index (Phi) is 3.14. The van der Waals surface area contributed by atoms with Crippen molar-refractivity contribution < 1.29 is 0 Å². The lowest BCUT2D eigenvalue weighted by molar-refractivity contribution is 0.512. The molecular weight excluding hydrogens is 150 g/mol. The molecule has 0 aliphatic carbocycles. The highest BCUT2D eigenvalue weighted by molar-refractivity contribution is 5.22. The number of hydrogen-bond acceptors (Lipinski definition) is 2. The van der Waals surface area contributed by atoms with Crippen LogP contribution in [-0.2, 0) is 6.54 Å². The molecule has 1 heterocycles. The molecular formula is C9H17N3. The van der Waals surface area contributed by atoms with Crippen molar-refractivity contribution in [2.45, 2.75) is 33.2 Å². The molecule has 0 atom stereocenters. The van der Waals surface area contributed by atoms with Gasteiger partial charge in [0.1, 0.15) is 5.82 Å². The van der Waals surface area contributed by atoms with E-state index in [2.05, 4.69) is 18.8 Å². The van der Waals surface area contributed by atoms with E-state index in [4.69, 9.17) is 5.73 Å². The number of rotatable bonds is 4. The fourth-order valence-electron chi connectivity index (χ4n) is 1.18. The quantitative estimate of drug-likeness (QED) is 0.744. The summed E-state index contributed by atoms with van der Waals surface area (Å²) in [6, 6.07) is 0. The molecule has 12 heavy (non-hydrogen) atoms. The van der Waals surface area contributed by atoms with Crippen molar-refractivity contribution in [3.05, 3.63) is 12.5 Å². The predicted octanol–water partition coefficient (Wildman–Crippen LogP) is 1.90. The molecule has 0 radical (unpaired) electrons. The highest BCUT2D eigenvalue weighted by Gasteiger charge is 1.96. The molecule has 68 valence electrons. The molecule has 0 saturated carbocycles. The first kappa shape index (κ1) is 9.10. The lowest BCUT2D eigenvalue weighted by atomic mass is 10.1. The standard InChI is InChI=1S/C9H17N3/c1-8(2)4-3-5-12-6-9(10)11-7-12/h6-8H,3-5,10H2,1-2H3. The first-order valence-electron chi connectivity index (χ1n) is 4.45. The number of imidazole rings is 1. The number of hydrogen-bond donors (Lipinski definition) is 1. The van der Waals surface area contributed by atoms with Gasteiger partial charge in [0.15, 0.2) is 0 Å². The molecule has 1 rings (SSSR count). The van der Waals surface area contributed by atoms with Gasteiger partial charge < -0.3 is 10.3 Å². The van der Waals surface area contributed by atoms with Crippen LogP contribution in [0.4, 0.5) is 5.82 Å². The molecule has 3 heteroatoms. The minimum atomic E-state index is 0.611. The molecule has 1 aromatic rings. The predicted molar refractivity (Wildman–Crippen MR) is 50.7 cm³/mol. The second kappa shape index (κ2) is 4.14. The molecule has 0 aliphatic rings. The highest BCUT2D eigenvalue weighted by atomic mass is 15.1. The molecule has 0 fully saturated rings. The number of aromatic nitrogens is 2. The van der Waals surface area contributed by atoms with Crippen molar-refractivity contribution in [3.63, 3.8) is 0 Å². The fourth-order valence-corrected chi connectivity index (χ4v) is 1.18. The van der Waals surface area contributed by atoms with Crippen molar-refractivity contribution >= 4 is 5.82 Å². The molecule has 0 saturated heterocycles. The Morgan fingerprint density at radius 3 is 2.83 bits per heavy atom. The third-order valence-electron chi connectivity index (χ3n) is 1.85. The van der Waals surface area contributed by atoms with E-state index in [0.717, 1.165) is 12.5 Å². The first-order valence-corrected chi connectivity index (χ1v) is 4.45. The van der Waals surface area contributed by atoms with E-state index >= 15 is 0 Å². The Morgan fingerprint density at radius 1 is 1.58 bits per heavy atom. The van der Waals surface area contributed by atoms with Crippen LogP contribution >= 0.6 is 0 Å². The van der Waals surface area contributed by atoms with Gasteiger partial charge in [-0.2, -0.15) is 0 Å². The molecule has 3 nitrogen and oxygen atoms in total. The van der Waals surface area contributed by atoms with Gasteiger partial charge in [0.05, 0.1) is 6.33 Å². The summed E-state index contributed by atoms with van der Waals surface area (Å²) in [5.41, 5.74) is 5.48. The fraction of sp³-hybridized carbons (Fsp3) is 0.667. The van der Waals surface area contributed by atoms with Crippen LogP contribution in [0.25, 0.3) is 0 Å². The van der Waals surface area contributed by atoms with E-state index in [9.17, 15) is 0 Å². The average molecular weight is 167 g/mol. The second-order valence-corrected chi connectivity index (χ2v) is 3.57. The summed E-state index contributed by atoms with van der Waals surface area (Å²) in [6.07, 6.45) is 6.13. The van der Waals surface area contributed by atoms with E-state index in [0.29, 0.717) is 5.82 Å². The van der Waals surface area contributed by atoms with Crippen molar-refractivity contribution in [1.82, 2.24) is 9.55 Å². The molecule has 0 amide bonds. The monoisotopic (exact) mass is 167 g/mol. The van der Waals surface area contributed by atoms with Gasteiger partial charge in [-0.1, -0.05) is 13.8 Å². The summed E-state index contributed by atoms with van der Waals surface area (Å²) in [5.74, 6) is 1.39. The van der Waals surface area contributed by atoms with Crippen LogP contribution in [0.2, 0.25) is 0 Å². The van der Waals surface area contributed by atoms with Gasteiger partial charge in [0.25, 0.3) is 0 Å². The molecule has 0 bridgehead atoms. The Labute approximate surface area is 73.6 Å². The Morgan fingerprint density at radius 2 is 2.33 bits per heavy atom. The summed E-state index contributed by atoms with van der Waals surface area (Å²) in [4.78, 5) is 3.96. The SMILES string of the molecule is CC(C)CCCn1cnc(N)c1. The summed E-state index contributed by atoms with van der Waals surface area (Å²) >= 11 is 0. The zero-order chi connectivity index (χ0) is 8.97. The maximum Gasteiger partial charge on any atom is 0.141 e. The van der Waals surface area contributed by atoms with E-state index in [1.807, 2.05) is 10.8 Å². The summed E-state index contributed by atoms with van der Waals surface area (Å²) in [5, 5.41) is 0. The largest absolute Gasteiger partial charge is 0.382 e. The van der Waals surface area contributed by atoms with Crippen molar-refractivity contribution in [2.75, 3.05) is 5.73 Å². The molecule has 0 aliphatic heterocycles. The van der Waals surface area contributed by atoms with Crippen molar-refractivity contribution in [1.29, 1.82) is 0 Å². The highest BCUT2D eigenvalue weighted by Crippen LogP contribution is 2.06. The molecule has 0 spiro atoms. The van der Waals surface area contributed by atoms with Gasteiger partial charge >= 0.3 is 0 Å². The van der Waals surface area contributed by atoms with Gasteiger partial charge in [-0.05, 0) is 18.8 Å². The zero-order valence-electron chi connectivity index (χ0n) is 7.83. The summed E-state index contributed by atoms with van der Waals surface area (Å²) in [7, 11) is 0. The van der Waals surface area contributed by atoms with E-state index in [1.54, 1.807) is 6.33 Å². The normalized spacial score (nSPS) is 10.9. The van der Waals surface area contributed by atoms with E-state index in [-0.39, 0.29) is 0 Å². The minimum absolute atomic E-state index is 0.611. The summed E-state index contributed by atoms with van der Waals surface area (Å²) in [6.45, 7) is 5.51. The molecule has 2 N–H and O–H groups in total. The zero-order valence-corrected chi connectivity index (χ0v) is 7.83. The number of nitrogens with zero attached hydrogens (tertiary/aromatic N) is 2. The van der Waals surface area contributed by atoms with Gasteiger partial charge in [0.2, 0.25) is 0 Å². The van der Waals surface area contributed by atoms with Gasteiger partial charge in [-0.15, -0.1) is 0 Å². The lowest BCUT2D eigenvalue weighted by Crippen LogP contribution is -1.96. The maximum absolute atomic E-state index is 5.48. The number of anilines is 1. The molecule has 0 unspecified atom stereocenters. The molecule has 0 aromatic carbocycles. The number of nitrogen functional groups attached to an aromatic ring is 1. The topological polar surface area (TPSA) is 43.8 Å². The van der Waals surface area contributed by atoms with Gasteiger partial charge in [-0.25, -0.2) is 4.98 Å². The number of nitrogens with two attached hydrogens (primary N) is 1. The van der Waals surface area contributed by atoms with Crippen molar-refractivity contribution in [2.24, 2.45) is 5.92 Å². The average Bonchev–Trinajstić information content (AvgIpc) is 2.35. The lowest BCUT2D eigenvalue weighted by Gasteiger charge is -2.04. The van der Waals surface area contributed by atoms with Crippen LogP contribution in [-0.4, -0.2) is 9.55 Å². The van der Waals surface area contributed by atoms with E-state index < -0.39 is 0 Å². The first-order chi connectivity index (χ1) is 5.68. The van der Waals surface area contributed by atoms with Gasteiger partial charge in [-0.3, -0.25) is 0 Å². The van der Waals surface area contributed by atoms with Crippen LogP contribution in [0.15, 0.2) is 12.5 Å². The van der Waals surface area contributed by atoms with Crippen LogP contribution in [0.5, 0.6) is 0 Å². The molecule has 1 aromatic heterocycles. The van der Waals surface area contributed by atoms with Crippen LogP contribution < -0.4 is 5.73 Å². The third-order valence-corrected chi connectivity index (χ3v) is 1.85. The Balaban J connectivity index is 2.24. The van der Waals surface area contributed by atoms with Gasteiger partial charge in [0, 0.05) is 12.7 Å². The van der Waals surface area contributed by atoms with Crippen LogP contribution in [0.3, 0.4) is 0 Å². The third kappa shape index (κ3) is 2.95. The van der Waals surface area contributed by atoms with E-state index in [1.165, 1.54) is 12.8 Å². The van der Waals surface area contributed by atoms with Crippen molar-refractivity contribution in [3.8, 4) is 0 Å². The smallest absolute Gasteiger partial charge is 0.141 e. The number of aryl methyl sites for hydroxylation is 1. The summed E-state index contributed by atoms with van der Waals surface area (Å²) < 4.78 is 2.04. The maximum atomic E-state index is 5.48. The Bertz CT molecular complexity index is 227. The Hall–Kier alpha value is -0.990. The van der Waals surface area contributed by atoms with Crippen LogP contribution in [0.1, 0.15) is 26.7 Å².